The van der Waals surface area contributed by atoms with Gasteiger partial charge in [-0.25, -0.2) is 0 Å². The van der Waals surface area contributed by atoms with Gasteiger partial charge >= 0.3 is 0 Å². The Labute approximate surface area is 121 Å². The molecule has 0 aliphatic carbocycles. The minimum atomic E-state index is -0.382. The van der Waals surface area contributed by atoms with E-state index in [1.54, 1.807) is 36.0 Å². The summed E-state index contributed by atoms with van der Waals surface area (Å²) in [5.41, 5.74) is 0.436. The minimum Gasteiger partial charge on any atom is -0.316 e. The van der Waals surface area contributed by atoms with E-state index in [1.807, 2.05) is 0 Å². The summed E-state index contributed by atoms with van der Waals surface area (Å²) in [4.78, 5) is 23.3. The summed E-state index contributed by atoms with van der Waals surface area (Å²) in [5, 5.41) is 6.11. The van der Waals surface area contributed by atoms with Gasteiger partial charge in [0, 0.05) is 10.6 Å². The van der Waals surface area contributed by atoms with Crippen LogP contribution in [0.25, 0.3) is 0 Å². The first-order valence-corrected chi connectivity index (χ1v) is 7.56. The molecule has 1 aliphatic heterocycles. The molecule has 1 aromatic carbocycles. The minimum absolute atomic E-state index is 0.253. The van der Waals surface area contributed by atoms with Gasteiger partial charge in [-0.15, -0.1) is 0 Å². The van der Waals surface area contributed by atoms with Crippen molar-refractivity contribution in [1.29, 1.82) is 0 Å². The van der Waals surface area contributed by atoms with Crippen molar-refractivity contribution in [3.63, 3.8) is 0 Å². The van der Waals surface area contributed by atoms with Crippen LogP contribution in [-0.4, -0.2) is 36.4 Å². The van der Waals surface area contributed by atoms with Crippen LogP contribution in [0.2, 0.25) is 5.02 Å². The Morgan fingerprint density at radius 1 is 1.32 bits per heavy atom. The molecule has 1 aliphatic rings. The summed E-state index contributed by atoms with van der Waals surface area (Å²) in [6.07, 6.45) is 0. The molecule has 0 saturated carbocycles. The fraction of sp³-hybridized carbons (Fsp3) is 0.385. The summed E-state index contributed by atoms with van der Waals surface area (Å²) in [7, 11) is 0. The van der Waals surface area contributed by atoms with Gasteiger partial charge in [-0.05, 0) is 49.0 Å². The van der Waals surface area contributed by atoms with Gasteiger partial charge in [0.15, 0.2) is 0 Å². The predicted molar refractivity (Wildman–Crippen MR) is 77.6 cm³/mol. The van der Waals surface area contributed by atoms with E-state index < -0.39 is 0 Å². The van der Waals surface area contributed by atoms with Crippen molar-refractivity contribution < 1.29 is 9.59 Å². The molecule has 0 atom stereocenters. The highest BCUT2D eigenvalue weighted by molar-refractivity contribution is 7.99. The molecule has 1 saturated heterocycles. The Morgan fingerprint density at radius 2 is 2.00 bits per heavy atom. The first-order valence-electron chi connectivity index (χ1n) is 6.03. The van der Waals surface area contributed by atoms with Crippen LogP contribution in [0.3, 0.4) is 0 Å². The highest BCUT2D eigenvalue weighted by atomic mass is 35.5. The molecule has 102 valence electrons. The summed E-state index contributed by atoms with van der Waals surface area (Å²) >= 11 is 7.29. The molecule has 0 spiro atoms. The number of carbonyl (C=O) groups is 2. The molecule has 1 aromatic rings. The number of halogens is 1. The van der Waals surface area contributed by atoms with Crippen molar-refractivity contribution in [2.24, 2.45) is 5.92 Å². The molecular formula is C13H15ClN2O2S. The zero-order valence-corrected chi connectivity index (χ0v) is 11.9. The van der Waals surface area contributed by atoms with Crippen LogP contribution in [0.1, 0.15) is 10.4 Å². The second-order valence-corrected chi connectivity index (χ2v) is 5.89. The van der Waals surface area contributed by atoms with E-state index in [9.17, 15) is 9.59 Å². The number of imide groups is 1. The van der Waals surface area contributed by atoms with E-state index in [-0.39, 0.29) is 11.8 Å². The van der Waals surface area contributed by atoms with Gasteiger partial charge in [0.25, 0.3) is 5.91 Å². The van der Waals surface area contributed by atoms with E-state index in [0.717, 1.165) is 18.8 Å². The zero-order chi connectivity index (χ0) is 13.7. The van der Waals surface area contributed by atoms with Gasteiger partial charge in [0.1, 0.15) is 0 Å². The average molecular weight is 299 g/mol. The fourth-order valence-electron chi connectivity index (χ4n) is 1.62. The number of thioether (sulfide) groups is 1. The molecule has 0 bridgehead atoms. The molecule has 0 unspecified atom stereocenters. The number of hydrogen-bond acceptors (Lipinski definition) is 4. The van der Waals surface area contributed by atoms with Crippen LogP contribution < -0.4 is 10.6 Å². The number of nitrogens with one attached hydrogen (secondary N) is 2. The fourth-order valence-corrected chi connectivity index (χ4v) is 2.69. The molecule has 2 amide bonds. The summed E-state index contributed by atoms with van der Waals surface area (Å²) < 4.78 is 0. The van der Waals surface area contributed by atoms with Crippen molar-refractivity contribution in [2.75, 3.05) is 24.6 Å². The lowest BCUT2D eigenvalue weighted by atomic mass is 10.1. The van der Waals surface area contributed by atoms with Gasteiger partial charge in [-0.1, -0.05) is 11.6 Å². The van der Waals surface area contributed by atoms with Crippen molar-refractivity contribution in [1.82, 2.24) is 10.6 Å². The van der Waals surface area contributed by atoms with Gasteiger partial charge in [-0.3, -0.25) is 14.9 Å². The molecule has 1 fully saturated rings. The molecule has 1 heterocycles. The summed E-state index contributed by atoms with van der Waals surface area (Å²) in [6.45, 7) is 2.05. The highest BCUT2D eigenvalue weighted by Gasteiger charge is 2.17. The molecular weight excluding hydrogens is 284 g/mol. The average Bonchev–Trinajstić information content (AvgIpc) is 2.33. The van der Waals surface area contributed by atoms with Crippen LogP contribution in [0.5, 0.6) is 0 Å². The van der Waals surface area contributed by atoms with E-state index in [1.165, 1.54) is 0 Å². The van der Waals surface area contributed by atoms with Gasteiger partial charge in [0.2, 0.25) is 5.91 Å². The van der Waals surface area contributed by atoms with Crippen molar-refractivity contribution in [2.45, 2.75) is 0 Å². The van der Waals surface area contributed by atoms with Crippen LogP contribution in [0, 0.1) is 5.92 Å². The normalized spacial score (nSPS) is 14.8. The maximum absolute atomic E-state index is 11.7. The molecule has 0 radical (unpaired) electrons. The lowest BCUT2D eigenvalue weighted by molar-refractivity contribution is -0.117. The third kappa shape index (κ3) is 4.53. The van der Waals surface area contributed by atoms with E-state index in [2.05, 4.69) is 10.6 Å². The second kappa shape index (κ2) is 6.93. The summed E-state index contributed by atoms with van der Waals surface area (Å²) in [6, 6.07) is 6.44. The van der Waals surface area contributed by atoms with Crippen molar-refractivity contribution in [3.8, 4) is 0 Å². The SMILES string of the molecule is O=C(CSCC1CNC1)NC(=O)c1ccc(Cl)cc1. The first-order chi connectivity index (χ1) is 9.15. The Bertz CT molecular complexity index is 460. The Hall–Kier alpha value is -1.04. The molecule has 2 rings (SSSR count). The molecule has 2 N–H and O–H groups in total. The van der Waals surface area contributed by atoms with Crippen LogP contribution >= 0.6 is 23.4 Å². The second-order valence-electron chi connectivity index (χ2n) is 4.42. The number of rotatable bonds is 5. The maximum Gasteiger partial charge on any atom is 0.257 e. The lowest BCUT2D eigenvalue weighted by Crippen LogP contribution is -2.43. The Morgan fingerprint density at radius 3 is 2.58 bits per heavy atom. The third-order valence-corrected chi connectivity index (χ3v) is 4.24. The highest BCUT2D eigenvalue weighted by Crippen LogP contribution is 2.12. The van der Waals surface area contributed by atoms with Gasteiger partial charge < -0.3 is 5.32 Å². The number of hydrogen-bond donors (Lipinski definition) is 2. The van der Waals surface area contributed by atoms with Gasteiger partial charge in [0.05, 0.1) is 5.75 Å². The standard InChI is InChI=1S/C13H15ClN2O2S/c14-11-3-1-10(2-4-11)13(18)16-12(17)8-19-7-9-5-15-6-9/h1-4,9,15H,5-8H2,(H,16,17,18). The van der Waals surface area contributed by atoms with E-state index in [0.29, 0.717) is 22.3 Å². The first kappa shape index (κ1) is 14.4. The molecule has 6 heteroatoms. The smallest absolute Gasteiger partial charge is 0.257 e. The van der Waals surface area contributed by atoms with Crippen LogP contribution in [0.15, 0.2) is 24.3 Å². The topological polar surface area (TPSA) is 58.2 Å². The lowest BCUT2D eigenvalue weighted by Gasteiger charge is -2.26. The largest absolute Gasteiger partial charge is 0.316 e. The Balaban J connectivity index is 1.71. The molecule has 0 aromatic heterocycles. The van der Waals surface area contributed by atoms with E-state index >= 15 is 0 Å². The molecule has 4 nitrogen and oxygen atoms in total. The monoisotopic (exact) mass is 298 g/mol. The quantitative estimate of drug-likeness (QED) is 0.866. The third-order valence-electron chi connectivity index (χ3n) is 2.81. The number of carbonyl (C=O) groups excluding carboxylic acids is 2. The Kier molecular flexibility index (Phi) is 5.24. The number of benzene rings is 1. The number of amides is 2. The predicted octanol–water partition coefficient (Wildman–Crippen LogP) is 1.55. The maximum atomic E-state index is 11.7. The zero-order valence-electron chi connectivity index (χ0n) is 10.3. The van der Waals surface area contributed by atoms with Crippen molar-refractivity contribution >= 4 is 35.2 Å². The van der Waals surface area contributed by atoms with Crippen LogP contribution in [0.4, 0.5) is 0 Å². The van der Waals surface area contributed by atoms with Crippen LogP contribution in [-0.2, 0) is 4.79 Å². The van der Waals surface area contributed by atoms with Gasteiger partial charge in [-0.2, -0.15) is 11.8 Å². The molecule has 19 heavy (non-hydrogen) atoms. The van der Waals surface area contributed by atoms with Crippen molar-refractivity contribution in [3.05, 3.63) is 34.9 Å². The van der Waals surface area contributed by atoms with E-state index in [4.69, 9.17) is 11.6 Å². The summed E-state index contributed by atoms with van der Waals surface area (Å²) in [5.74, 6) is 1.29.